The van der Waals surface area contributed by atoms with Gasteiger partial charge in [-0.15, -0.1) is 0 Å². The molecule has 0 fully saturated rings. The van der Waals surface area contributed by atoms with Crippen LogP contribution in [0.1, 0.15) is 11.7 Å². The minimum Gasteiger partial charge on any atom is -0.393 e. The normalized spacial score (nSPS) is 14.3. The van der Waals surface area contributed by atoms with Gasteiger partial charge in [0.2, 0.25) is 0 Å². The lowest BCUT2D eigenvalue weighted by Gasteiger charge is -2.17. The molecule has 0 radical (unpaired) electrons. The summed E-state index contributed by atoms with van der Waals surface area (Å²) >= 11 is 0. The highest BCUT2D eigenvalue weighted by Gasteiger charge is 2.20. The Bertz CT molecular complexity index is 411. The van der Waals surface area contributed by atoms with Crippen molar-refractivity contribution in [1.29, 1.82) is 0 Å². The molecule has 0 amide bonds. The molecule has 17 heavy (non-hydrogen) atoms. The zero-order chi connectivity index (χ0) is 13.0. The summed E-state index contributed by atoms with van der Waals surface area (Å²) in [6.07, 6.45) is -2.13. The summed E-state index contributed by atoms with van der Waals surface area (Å²) in [6.45, 7) is 0.206. The molecule has 0 heterocycles. The van der Waals surface area contributed by atoms with E-state index in [0.717, 1.165) is 0 Å². The largest absolute Gasteiger partial charge is 0.393 e. The SMILES string of the molecule is CNCC(O)C(O)c1ccc([N+](=O)[O-])c(N)c1. The van der Waals surface area contributed by atoms with E-state index in [1.807, 2.05) is 0 Å². The van der Waals surface area contributed by atoms with Gasteiger partial charge in [0, 0.05) is 12.6 Å². The number of nitro benzene ring substituents is 1. The molecule has 1 rings (SSSR count). The number of nitrogens with two attached hydrogens (primary N) is 1. The van der Waals surface area contributed by atoms with Crippen molar-refractivity contribution in [3.63, 3.8) is 0 Å². The lowest BCUT2D eigenvalue weighted by molar-refractivity contribution is -0.383. The Labute approximate surface area is 98.0 Å². The van der Waals surface area contributed by atoms with Crippen LogP contribution in [0.15, 0.2) is 18.2 Å². The van der Waals surface area contributed by atoms with Crippen LogP contribution in [0.3, 0.4) is 0 Å². The second-order valence-corrected chi connectivity index (χ2v) is 3.65. The Balaban J connectivity index is 2.93. The molecule has 0 bridgehead atoms. The molecule has 2 atom stereocenters. The summed E-state index contributed by atoms with van der Waals surface area (Å²) in [4.78, 5) is 9.94. The van der Waals surface area contributed by atoms with E-state index in [0.29, 0.717) is 5.56 Å². The second kappa shape index (κ2) is 5.58. The van der Waals surface area contributed by atoms with Gasteiger partial charge in [0.1, 0.15) is 11.8 Å². The van der Waals surface area contributed by atoms with Crippen LogP contribution in [0.5, 0.6) is 0 Å². The third-order valence-corrected chi connectivity index (χ3v) is 2.37. The first kappa shape index (κ1) is 13.4. The van der Waals surface area contributed by atoms with Crippen molar-refractivity contribution in [2.24, 2.45) is 0 Å². The van der Waals surface area contributed by atoms with Crippen LogP contribution in [-0.2, 0) is 0 Å². The summed E-state index contributed by atoms with van der Waals surface area (Å²) in [5, 5.41) is 32.6. The Kier molecular flexibility index (Phi) is 4.38. The molecule has 0 aromatic heterocycles. The number of hydrogen-bond donors (Lipinski definition) is 4. The highest BCUT2D eigenvalue weighted by atomic mass is 16.6. The van der Waals surface area contributed by atoms with Crippen molar-refractivity contribution >= 4 is 11.4 Å². The van der Waals surface area contributed by atoms with E-state index in [9.17, 15) is 20.3 Å². The molecule has 5 N–H and O–H groups in total. The number of anilines is 1. The Morgan fingerprint density at radius 1 is 1.53 bits per heavy atom. The number of aliphatic hydroxyl groups excluding tert-OH is 2. The van der Waals surface area contributed by atoms with Crippen LogP contribution >= 0.6 is 0 Å². The maximum absolute atomic E-state index is 10.5. The minimum absolute atomic E-state index is 0.0387. The average molecular weight is 241 g/mol. The van der Waals surface area contributed by atoms with Crippen molar-refractivity contribution in [3.8, 4) is 0 Å². The number of rotatable bonds is 5. The zero-order valence-electron chi connectivity index (χ0n) is 9.33. The molecule has 1 aromatic rings. The van der Waals surface area contributed by atoms with Crippen molar-refractivity contribution in [2.75, 3.05) is 19.3 Å². The van der Waals surface area contributed by atoms with Crippen molar-refractivity contribution < 1.29 is 15.1 Å². The number of hydrogen-bond acceptors (Lipinski definition) is 6. The molecular formula is C10H15N3O4. The van der Waals surface area contributed by atoms with E-state index in [1.54, 1.807) is 7.05 Å². The molecular weight excluding hydrogens is 226 g/mol. The average Bonchev–Trinajstić information content (AvgIpc) is 2.27. The van der Waals surface area contributed by atoms with E-state index in [2.05, 4.69) is 5.32 Å². The molecule has 0 aliphatic carbocycles. The summed E-state index contributed by atoms with van der Waals surface area (Å²) < 4.78 is 0. The predicted octanol–water partition coefficient (Wildman–Crippen LogP) is -0.209. The number of nitro groups is 1. The van der Waals surface area contributed by atoms with Gasteiger partial charge in [-0.1, -0.05) is 0 Å². The van der Waals surface area contributed by atoms with Crippen molar-refractivity contribution in [3.05, 3.63) is 33.9 Å². The van der Waals surface area contributed by atoms with E-state index in [1.165, 1.54) is 18.2 Å². The second-order valence-electron chi connectivity index (χ2n) is 3.65. The molecule has 2 unspecified atom stereocenters. The van der Waals surface area contributed by atoms with Crippen LogP contribution in [0.4, 0.5) is 11.4 Å². The number of nitrogens with one attached hydrogen (secondary N) is 1. The molecule has 0 spiro atoms. The van der Waals surface area contributed by atoms with Gasteiger partial charge < -0.3 is 21.3 Å². The molecule has 0 aliphatic rings. The van der Waals surface area contributed by atoms with Gasteiger partial charge in [0.25, 0.3) is 5.69 Å². The van der Waals surface area contributed by atoms with Crippen LogP contribution in [0.25, 0.3) is 0 Å². The smallest absolute Gasteiger partial charge is 0.292 e. The van der Waals surface area contributed by atoms with Crippen molar-refractivity contribution in [1.82, 2.24) is 5.32 Å². The molecule has 0 saturated heterocycles. The minimum atomic E-state index is -1.13. The maximum Gasteiger partial charge on any atom is 0.292 e. The van der Waals surface area contributed by atoms with Crippen LogP contribution in [0, 0.1) is 10.1 Å². The maximum atomic E-state index is 10.5. The van der Waals surface area contributed by atoms with Gasteiger partial charge in [0.05, 0.1) is 11.0 Å². The van der Waals surface area contributed by atoms with Gasteiger partial charge in [-0.2, -0.15) is 0 Å². The van der Waals surface area contributed by atoms with E-state index >= 15 is 0 Å². The third kappa shape index (κ3) is 3.13. The number of nitrogens with zero attached hydrogens (tertiary/aromatic N) is 1. The lowest BCUT2D eigenvalue weighted by Crippen LogP contribution is -2.29. The first-order chi connectivity index (χ1) is 7.97. The van der Waals surface area contributed by atoms with Gasteiger partial charge >= 0.3 is 0 Å². The molecule has 0 aliphatic heterocycles. The first-order valence-corrected chi connectivity index (χ1v) is 5.02. The number of aliphatic hydroxyl groups is 2. The highest BCUT2D eigenvalue weighted by Crippen LogP contribution is 2.26. The van der Waals surface area contributed by atoms with Gasteiger partial charge in [0.15, 0.2) is 0 Å². The molecule has 0 saturated carbocycles. The summed E-state index contributed by atoms with van der Waals surface area (Å²) in [7, 11) is 1.64. The molecule has 7 nitrogen and oxygen atoms in total. The van der Waals surface area contributed by atoms with Crippen LogP contribution in [0.2, 0.25) is 0 Å². The van der Waals surface area contributed by atoms with Gasteiger partial charge in [-0.25, -0.2) is 0 Å². The third-order valence-electron chi connectivity index (χ3n) is 2.37. The van der Waals surface area contributed by atoms with E-state index in [-0.39, 0.29) is 17.9 Å². The Morgan fingerprint density at radius 2 is 2.18 bits per heavy atom. The molecule has 94 valence electrons. The first-order valence-electron chi connectivity index (χ1n) is 5.02. The Hall–Kier alpha value is -1.70. The fourth-order valence-electron chi connectivity index (χ4n) is 1.47. The van der Waals surface area contributed by atoms with Crippen LogP contribution < -0.4 is 11.1 Å². The highest BCUT2D eigenvalue weighted by molar-refractivity contribution is 5.59. The predicted molar refractivity (Wildman–Crippen MR) is 62.4 cm³/mol. The quantitative estimate of drug-likeness (QED) is 0.321. The topological polar surface area (TPSA) is 122 Å². The number of nitrogen functional groups attached to an aromatic ring is 1. The molecule has 7 heteroatoms. The number of benzene rings is 1. The summed E-state index contributed by atoms with van der Waals surface area (Å²) in [5.74, 6) is 0. The van der Waals surface area contributed by atoms with Gasteiger partial charge in [-0.3, -0.25) is 10.1 Å². The lowest BCUT2D eigenvalue weighted by atomic mass is 10.0. The monoisotopic (exact) mass is 241 g/mol. The zero-order valence-corrected chi connectivity index (χ0v) is 9.33. The van der Waals surface area contributed by atoms with E-state index in [4.69, 9.17) is 5.73 Å². The van der Waals surface area contributed by atoms with E-state index < -0.39 is 17.1 Å². The standard InChI is InChI=1S/C10H15N3O4/c1-12-5-9(14)10(15)6-2-3-8(13(16)17)7(11)4-6/h2-4,9-10,12,14-15H,5,11H2,1H3. The fraction of sp³-hybridized carbons (Fsp3) is 0.400. The number of likely N-dealkylation sites (N-methyl/N-ethyl adjacent to an activating group) is 1. The fourth-order valence-corrected chi connectivity index (χ4v) is 1.47. The molecule has 1 aromatic carbocycles. The van der Waals surface area contributed by atoms with Gasteiger partial charge in [-0.05, 0) is 24.7 Å². The summed E-state index contributed by atoms with van der Waals surface area (Å²) in [6, 6.07) is 3.87. The van der Waals surface area contributed by atoms with Crippen LogP contribution in [-0.4, -0.2) is 34.8 Å². The summed E-state index contributed by atoms with van der Waals surface area (Å²) in [5.41, 5.74) is 5.57. The van der Waals surface area contributed by atoms with Crippen molar-refractivity contribution in [2.45, 2.75) is 12.2 Å². The Morgan fingerprint density at radius 3 is 2.65 bits per heavy atom.